The molecule has 8 heteroatoms. The van der Waals surface area contributed by atoms with Gasteiger partial charge in [0.1, 0.15) is 11.1 Å². The quantitative estimate of drug-likeness (QED) is 0.758. The van der Waals surface area contributed by atoms with Crippen LogP contribution >= 0.6 is 11.6 Å². The second-order valence-corrected chi connectivity index (χ2v) is 5.59. The van der Waals surface area contributed by atoms with E-state index < -0.39 is 0 Å². The van der Waals surface area contributed by atoms with Crippen molar-refractivity contribution >= 4 is 23.4 Å². The Morgan fingerprint density at radius 1 is 1.35 bits per heavy atom. The van der Waals surface area contributed by atoms with Gasteiger partial charge < -0.3 is 20.1 Å². The van der Waals surface area contributed by atoms with Gasteiger partial charge in [-0.1, -0.05) is 11.6 Å². The average Bonchev–Trinajstić information content (AvgIpc) is 2.54. The van der Waals surface area contributed by atoms with Crippen LogP contribution in [0.1, 0.15) is 30.1 Å². The summed E-state index contributed by atoms with van der Waals surface area (Å²) in [6.45, 7) is 3.44. The molecule has 0 bridgehead atoms. The van der Waals surface area contributed by atoms with Gasteiger partial charge in [-0.25, -0.2) is 4.98 Å². The van der Waals surface area contributed by atoms with Crippen molar-refractivity contribution in [2.45, 2.75) is 25.9 Å². The van der Waals surface area contributed by atoms with Gasteiger partial charge in [0.05, 0.1) is 18.8 Å². The van der Waals surface area contributed by atoms with Crippen molar-refractivity contribution in [1.82, 2.24) is 15.6 Å². The summed E-state index contributed by atoms with van der Waals surface area (Å²) in [5.41, 5.74) is 0.345. The molecule has 1 aromatic heterocycles. The number of halogens is 1. The van der Waals surface area contributed by atoms with E-state index in [0.29, 0.717) is 42.8 Å². The third-order valence-corrected chi connectivity index (χ3v) is 3.57. The standard InChI is InChI=1S/C15H20ClN3O4/c1-10(20)17-4-5-18-14(21)11-8-13(16)15(19-9-11)23-12-2-6-22-7-3-12/h8-9,12H,2-7H2,1H3,(H,17,20)(H,18,21). The maximum absolute atomic E-state index is 12.0. The monoisotopic (exact) mass is 341 g/mol. The van der Waals surface area contributed by atoms with Crippen LogP contribution in [-0.4, -0.2) is 49.2 Å². The Hall–Kier alpha value is -1.86. The molecule has 0 aliphatic carbocycles. The number of carbonyl (C=O) groups excluding carboxylic acids is 2. The third kappa shape index (κ3) is 5.69. The Labute approximate surface area is 139 Å². The largest absolute Gasteiger partial charge is 0.473 e. The number of pyridine rings is 1. The highest BCUT2D eigenvalue weighted by Gasteiger charge is 2.18. The number of amides is 2. The van der Waals surface area contributed by atoms with Crippen LogP contribution in [-0.2, 0) is 9.53 Å². The van der Waals surface area contributed by atoms with Gasteiger partial charge in [0.2, 0.25) is 11.8 Å². The maximum Gasteiger partial charge on any atom is 0.252 e. The molecule has 1 fully saturated rings. The van der Waals surface area contributed by atoms with E-state index in [2.05, 4.69) is 15.6 Å². The average molecular weight is 342 g/mol. The summed E-state index contributed by atoms with van der Waals surface area (Å²) < 4.78 is 11.0. The zero-order chi connectivity index (χ0) is 16.7. The number of hydrogen-bond acceptors (Lipinski definition) is 5. The summed E-state index contributed by atoms with van der Waals surface area (Å²) in [6, 6.07) is 1.52. The van der Waals surface area contributed by atoms with Crippen LogP contribution in [0.4, 0.5) is 0 Å². The third-order valence-electron chi connectivity index (χ3n) is 3.30. The molecule has 0 atom stereocenters. The highest BCUT2D eigenvalue weighted by atomic mass is 35.5. The molecule has 2 rings (SSSR count). The molecule has 23 heavy (non-hydrogen) atoms. The first-order valence-corrected chi connectivity index (χ1v) is 7.86. The van der Waals surface area contributed by atoms with Gasteiger partial charge in [-0.3, -0.25) is 9.59 Å². The van der Waals surface area contributed by atoms with E-state index in [4.69, 9.17) is 21.1 Å². The van der Waals surface area contributed by atoms with E-state index in [9.17, 15) is 9.59 Å². The molecule has 1 aliphatic rings. The molecule has 0 spiro atoms. The Kier molecular flexibility index (Phi) is 6.61. The minimum Gasteiger partial charge on any atom is -0.473 e. The summed E-state index contributed by atoms with van der Waals surface area (Å²) in [4.78, 5) is 26.8. The van der Waals surface area contributed by atoms with Crippen molar-refractivity contribution in [3.8, 4) is 5.88 Å². The lowest BCUT2D eigenvalue weighted by atomic mass is 10.1. The van der Waals surface area contributed by atoms with Gasteiger partial charge in [0.15, 0.2) is 0 Å². The first-order chi connectivity index (χ1) is 11.1. The van der Waals surface area contributed by atoms with Crippen molar-refractivity contribution in [2.75, 3.05) is 26.3 Å². The molecule has 0 radical (unpaired) electrons. The Balaban J connectivity index is 1.87. The molecule has 0 saturated carbocycles. The molecule has 2 N–H and O–H groups in total. The number of rotatable bonds is 6. The lowest BCUT2D eigenvalue weighted by Crippen LogP contribution is -2.33. The van der Waals surface area contributed by atoms with E-state index >= 15 is 0 Å². The zero-order valence-electron chi connectivity index (χ0n) is 12.9. The SMILES string of the molecule is CC(=O)NCCNC(=O)c1cnc(OC2CCOCC2)c(Cl)c1. The van der Waals surface area contributed by atoms with Crippen molar-refractivity contribution in [2.24, 2.45) is 0 Å². The second kappa shape index (κ2) is 8.69. The number of hydrogen-bond donors (Lipinski definition) is 2. The lowest BCUT2D eigenvalue weighted by Gasteiger charge is -2.23. The Bertz CT molecular complexity index is 562. The molecule has 1 aromatic rings. The second-order valence-electron chi connectivity index (χ2n) is 5.18. The molecular formula is C15H20ClN3O4. The molecule has 1 saturated heterocycles. The van der Waals surface area contributed by atoms with Crippen molar-refractivity contribution < 1.29 is 19.1 Å². The fourth-order valence-electron chi connectivity index (χ4n) is 2.10. The first kappa shape index (κ1) is 17.5. The molecule has 7 nitrogen and oxygen atoms in total. The van der Waals surface area contributed by atoms with Gasteiger partial charge >= 0.3 is 0 Å². The van der Waals surface area contributed by atoms with E-state index in [1.54, 1.807) is 0 Å². The predicted octanol–water partition coefficient (Wildman–Crippen LogP) is 1.16. The number of nitrogens with zero attached hydrogens (tertiary/aromatic N) is 1. The van der Waals surface area contributed by atoms with Crippen LogP contribution in [0.15, 0.2) is 12.3 Å². The number of nitrogens with one attached hydrogen (secondary N) is 2. The van der Waals surface area contributed by atoms with Gasteiger partial charge in [-0.05, 0) is 6.07 Å². The fourth-order valence-corrected chi connectivity index (χ4v) is 2.32. The highest BCUT2D eigenvalue weighted by Crippen LogP contribution is 2.25. The van der Waals surface area contributed by atoms with Crippen molar-refractivity contribution in [1.29, 1.82) is 0 Å². The van der Waals surface area contributed by atoms with E-state index in [1.807, 2.05) is 0 Å². The minimum absolute atomic E-state index is 0.0334. The number of carbonyl (C=O) groups is 2. The van der Waals surface area contributed by atoms with E-state index in [-0.39, 0.29) is 17.9 Å². The highest BCUT2D eigenvalue weighted by molar-refractivity contribution is 6.32. The van der Waals surface area contributed by atoms with Gasteiger partial charge in [0, 0.05) is 39.1 Å². The van der Waals surface area contributed by atoms with Crippen LogP contribution < -0.4 is 15.4 Å². The summed E-state index contributed by atoms with van der Waals surface area (Å²) in [5.74, 6) is -0.116. The predicted molar refractivity (Wildman–Crippen MR) is 84.7 cm³/mol. The molecule has 126 valence electrons. The van der Waals surface area contributed by atoms with Crippen molar-refractivity contribution in [3.63, 3.8) is 0 Å². The summed E-state index contributed by atoms with van der Waals surface area (Å²) in [7, 11) is 0. The van der Waals surface area contributed by atoms with Gasteiger partial charge in [0.25, 0.3) is 5.91 Å². The topological polar surface area (TPSA) is 89.6 Å². The van der Waals surface area contributed by atoms with Crippen LogP contribution in [0.3, 0.4) is 0 Å². The molecule has 0 aromatic carbocycles. The molecule has 1 aliphatic heterocycles. The van der Waals surface area contributed by atoms with E-state index in [0.717, 1.165) is 12.8 Å². The lowest BCUT2D eigenvalue weighted by molar-refractivity contribution is -0.118. The van der Waals surface area contributed by atoms with Crippen molar-refractivity contribution in [3.05, 3.63) is 22.8 Å². The minimum atomic E-state index is -0.303. The zero-order valence-corrected chi connectivity index (χ0v) is 13.7. The van der Waals surface area contributed by atoms with Gasteiger partial charge in [-0.15, -0.1) is 0 Å². The van der Waals surface area contributed by atoms with Crippen LogP contribution in [0.5, 0.6) is 5.88 Å². The smallest absolute Gasteiger partial charge is 0.252 e. The molecule has 2 amide bonds. The molecular weight excluding hydrogens is 322 g/mol. The number of ether oxygens (including phenoxy) is 2. The summed E-state index contributed by atoms with van der Waals surface area (Å²) in [6.07, 6.45) is 3.05. The normalized spacial score (nSPS) is 15.0. The Morgan fingerprint density at radius 3 is 2.70 bits per heavy atom. The first-order valence-electron chi connectivity index (χ1n) is 7.49. The summed E-state index contributed by atoms with van der Waals surface area (Å²) in [5, 5.41) is 5.56. The molecule has 2 heterocycles. The van der Waals surface area contributed by atoms with Crippen LogP contribution in [0, 0.1) is 0 Å². The van der Waals surface area contributed by atoms with Gasteiger partial charge in [-0.2, -0.15) is 0 Å². The fraction of sp³-hybridized carbons (Fsp3) is 0.533. The van der Waals surface area contributed by atoms with Crippen LogP contribution in [0.2, 0.25) is 5.02 Å². The summed E-state index contributed by atoms with van der Waals surface area (Å²) >= 11 is 6.14. The Morgan fingerprint density at radius 2 is 2.04 bits per heavy atom. The number of aromatic nitrogens is 1. The maximum atomic E-state index is 12.0. The van der Waals surface area contributed by atoms with Crippen LogP contribution in [0.25, 0.3) is 0 Å². The molecule has 0 unspecified atom stereocenters. The van der Waals surface area contributed by atoms with E-state index in [1.165, 1.54) is 19.2 Å².